The third-order valence-corrected chi connectivity index (χ3v) is 6.12. The van der Waals surface area contributed by atoms with Crippen LogP contribution in [0.5, 0.6) is 0 Å². The summed E-state index contributed by atoms with van der Waals surface area (Å²) >= 11 is 1.27. The molecule has 0 spiro atoms. The Bertz CT molecular complexity index is 936. The molecular formula is C21H27N3O4S. The maximum absolute atomic E-state index is 12.3. The van der Waals surface area contributed by atoms with E-state index < -0.39 is 5.97 Å². The molecule has 0 bridgehead atoms. The summed E-state index contributed by atoms with van der Waals surface area (Å²) < 4.78 is 9.92. The highest BCUT2D eigenvalue weighted by atomic mass is 32.1. The fourth-order valence-electron chi connectivity index (χ4n) is 3.46. The first kappa shape index (κ1) is 21.2. The van der Waals surface area contributed by atoms with E-state index in [2.05, 4.69) is 21.4 Å². The van der Waals surface area contributed by atoms with Gasteiger partial charge in [-0.1, -0.05) is 11.6 Å². The van der Waals surface area contributed by atoms with Crippen molar-refractivity contribution >= 4 is 39.3 Å². The monoisotopic (exact) mass is 417 g/mol. The molecule has 3 rings (SSSR count). The van der Waals surface area contributed by atoms with Gasteiger partial charge in [0.05, 0.1) is 19.1 Å². The minimum Gasteiger partial charge on any atom is -0.469 e. The molecule has 156 valence electrons. The van der Waals surface area contributed by atoms with Crippen molar-refractivity contribution in [2.75, 3.05) is 25.6 Å². The Morgan fingerprint density at radius 2 is 2.10 bits per heavy atom. The summed E-state index contributed by atoms with van der Waals surface area (Å²) in [4.78, 5) is 34.3. The van der Waals surface area contributed by atoms with Gasteiger partial charge in [0.1, 0.15) is 27.8 Å². The van der Waals surface area contributed by atoms with Crippen LogP contribution in [-0.2, 0) is 20.7 Å². The molecule has 2 aromatic heterocycles. The van der Waals surface area contributed by atoms with Gasteiger partial charge in [-0.15, -0.1) is 11.3 Å². The van der Waals surface area contributed by atoms with Crippen LogP contribution in [0.25, 0.3) is 10.2 Å². The molecule has 2 heterocycles. The second-order valence-corrected chi connectivity index (χ2v) is 7.98. The smallest absolute Gasteiger partial charge is 0.348 e. The van der Waals surface area contributed by atoms with Crippen LogP contribution in [0.4, 0.5) is 5.82 Å². The van der Waals surface area contributed by atoms with Crippen molar-refractivity contribution in [1.82, 2.24) is 9.97 Å². The van der Waals surface area contributed by atoms with Crippen molar-refractivity contribution in [3.8, 4) is 0 Å². The number of rotatable bonds is 8. The summed E-state index contributed by atoms with van der Waals surface area (Å²) in [6.45, 7) is 4.71. The molecule has 0 saturated carbocycles. The minimum absolute atomic E-state index is 0.0159. The van der Waals surface area contributed by atoms with Crippen LogP contribution < -0.4 is 5.32 Å². The lowest BCUT2D eigenvalue weighted by Gasteiger charge is -2.14. The van der Waals surface area contributed by atoms with E-state index in [1.165, 1.54) is 36.9 Å². The van der Waals surface area contributed by atoms with Gasteiger partial charge >= 0.3 is 11.9 Å². The van der Waals surface area contributed by atoms with Gasteiger partial charge in [-0.2, -0.15) is 0 Å². The van der Waals surface area contributed by atoms with E-state index in [1.807, 2.05) is 6.92 Å². The van der Waals surface area contributed by atoms with E-state index >= 15 is 0 Å². The fraction of sp³-hybridized carbons (Fsp3) is 0.524. The average Bonchev–Trinajstić information content (AvgIpc) is 3.05. The summed E-state index contributed by atoms with van der Waals surface area (Å²) in [5, 5.41) is 4.21. The van der Waals surface area contributed by atoms with Crippen LogP contribution in [0.3, 0.4) is 0 Å². The maximum atomic E-state index is 12.3. The van der Waals surface area contributed by atoms with Crippen molar-refractivity contribution in [2.45, 2.75) is 52.4 Å². The summed E-state index contributed by atoms with van der Waals surface area (Å²) in [6, 6.07) is 0. The lowest BCUT2D eigenvalue weighted by molar-refractivity contribution is -0.139. The Morgan fingerprint density at radius 1 is 1.28 bits per heavy atom. The SMILES string of the molecule is CCOC(=O)c1sc2nc(CC(=O)OC)nc(NCCC3=CCCCC3)c2c1C. The Hall–Kier alpha value is -2.48. The molecule has 8 heteroatoms. The topological polar surface area (TPSA) is 90.4 Å². The van der Waals surface area contributed by atoms with Crippen molar-refractivity contribution in [2.24, 2.45) is 0 Å². The van der Waals surface area contributed by atoms with Gasteiger partial charge in [-0.25, -0.2) is 14.8 Å². The van der Waals surface area contributed by atoms with Gasteiger partial charge in [-0.3, -0.25) is 4.79 Å². The number of nitrogens with one attached hydrogen (secondary N) is 1. The summed E-state index contributed by atoms with van der Waals surface area (Å²) in [5.74, 6) is 0.261. The lowest BCUT2D eigenvalue weighted by atomic mass is 9.97. The first-order valence-corrected chi connectivity index (χ1v) is 10.8. The number of aromatic nitrogens is 2. The third kappa shape index (κ3) is 5.12. The molecule has 0 saturated heterocycles. The molecule has 0 radical (unpaired) electrons. The highest BCUT2D eigenvalue weighted by Crippen LogP contribution is 2.34. The van der Waals surface area contributed by atoms with Crippen molar-refractivity contribution in [1.29, 1.82) is 0 Å². The number of allylic oxidation sites excluding steroid dienone is 1. The molecule has 0 fully saturated rings. The number of carbonyl (C=O) groups excluding carboxylic acids is 2. The number of methoxy groups -OCH3 is 1. The van der Waals surface area contributed by atoms with Gasteiger partial charge in [0, 0.05) is 6.54 Å². The zero-order chi connectivity index (χ0) is 20.8. The fourth-order valence-corrected chi connectivity index (χ4v) is 4.55. The summed E-state index contributed by atoms with van der Waals surface area (Å²) in [5.41, 5.74) is 2.27. The standard InChI is InChI=1S/C21H27N3O4S/c1-4-28-21(26)18-13(2)17-19(22-11-10-14-8-6-5-7-9-14)23-15(12-16(25)27-3)24-20(17)29-18/h8H,4-7,9-12H2,1-3H3,(H,22,23,24). The van der Waals surface area contributed by atoms with Crippen LogP contribution >= 0.6 is 11.3 Å². The van der Waals surface area contributed by atoms with Gasteiger partial charge in [0.2, 0.25) is 0 Å². The second kappa shape index (κ2) is 9.82. The molecule has 1 aliphatic rings. The molecule has 0 amide bonds. The number of fused-ring (bicyclic) bond motifs is 1. The van der Waals surface area contributed by atoms with Crippen LogP contribution in [0.2, 0.25) is 0 Å². The van der Waals surface area contributed by atoms with Crippen molar-refractivity contribution in [3.05, 3.63) is 27.9 Å². The average molecular weight is 418 g/mol. The van der Waals surface area contributed by atoms with Gasteiger partial charge in [-0.05, 0) is 51.5 Å². The van der Waals surface area contributed by atoms with E-state index in [-0.39, 0.29) is 12.4 Å². The number of esters is 2. The van der Waals surface area contributed by atoms with Crippen LogP contribution in [-0.4, -0.2) is 42.2 Å². The van der Waals surface area contributed by atoms with E-state index in [4.69, 9.17) is 9.47 Å². The second-order valence-electron chi connectivity index (χ2n) is 6.98. The number of nitrogens with zero attached hydrogens (tertiary/aromatic N) is 2. The Morgan fingerprint density at radius 3 is 2.79 bits per heavy atom. The Labute approximate surface area is 174 Å². The molecule has 7 nitrogen and oxygen atoms in total. The van der Waals surface area contributed by atoms with E-state index in [0.717, 1.165) is 36.8 Å². The Balaban J connectivity index is 1.91. The molecule has 0 unspecified atom stereocenters. The largest absolute Gasteiger partial charge is 0.469 e. The highest BCUT2D eigenvalue weighted by molar-refractivity contribution is 7.20. The van der Waals surface area contributed by atoms with Gasteiger partial charge in [0.25, 0.3) is 0 Å². The molecule has 1 aliphatic carbocycles. The lowest BCUT2D eigenvalue weighted by Crippen LogP contribution is -2.11. The molecule has 29 heavy (non-hydrogen) atoms. The minimum atomic E-state index is -0.401. The van der Waals surface area contributed by atoms with Crippen molar-refractivity contribution < 1.29 is 19.1 Å². The summed E-state index contributed by atoms with van der Waals surface area (Å²) in [7, 11) is 1.34. The number of aryl methyl sites for hydroxylation is 1. The summed E-state index contributed by atoms with van der Waals surface area (Å²) in [6.07, 6.45) is 8.09. The molecular weight excluding hydrogens is 390 g/mol. The number of carbonyl (C=O) groups is 2. The number of thiophene rings is 1. The van der Waals surface area contributed by atoms with E-state index in [9.17, 15) is 9.59 Å². The number of hydrogen-bond acceptors (Lipinski definition) is 8. The van der Waals surface area contributed by atoms with Crippen LogP contribution in [0, 0.1) is 6.92 Å². The predicted molar refractivity (Wildman–Crippen MR) is 113 cm³/mol. The molecule has 0 aromatic carbocycles. The number of ether oxygens (including phenoxy) is 2. The highest BCUT2D eigenvalue weighted by Gasteiger charge is 2.22. The van der Waals surface area contributed by atoms with Gasteiger partial charge in [0.15, 0.2) is 0 Å². The zero-order valence-corrected chi connectivity index (χ0v) is 18.0. The first-order chi connectivity index (χ1) is 14.0. The predicted octanol–water partition coefficient (Wildman–Crippen LogP) is 4.19. The quantitative estimate of drug-likeness (QED) is 0.508. The Kier molecular flexibility index (Phi) is 7.19. The number of anilines is 1. The number of hydrogen-bond donors (Lipinski definition) is 1. The molecule has 0 aliphatic heterocycles. The molecule has 2 aromatic rings. The third-order valence-electron chi connectivity index (χ3n) is 4.95. The maximum Gasteiger partial charge on any atom is 0.348 e. The van der Waals surface area contributed by atoms with E-state index in [1.54, 1.807) is 6.92 Å². The van der Waals surface area contributed by atoms with Crippen LogP contribution in [0.15, 0.2) is 11.6 Å². The first-order valence-electron chi connectivity index (χ1n) is 9.99. The zero-order valence-electron chi connectivity index (χ0n) is 17.2. The van der Waals surface area contributed by atoms with Crippen molar-refractivity contribution in [3.63, 3.8) is 0 Å². The normalized spacial score (nSPS) is 13.8. The molecule has 1 N–H and O–H groups in total. The van der Waals surface area contributed by atoms with Crippen LogP contribution in [0.1, 0.15) is 60.1 Å². The van der Waals surface area contributed by atoms with E-state index in [0.29, 0.717) is 28.0 Å². The molecule has 0 atom stereocenters. The van der Waals surface area contributed by atoms with Gasteiger partial charge < -0.3 is 14.8 Å².